The van der Waals surface area contributed by atoms with Crippen molar-refractivity contribution in [2.75, 3.05) is 32.2 Å². The summed E-state index contributed by atoms with van der Waals surface area (Å²) < 4.78 is 33.7. The largest absolute Gasteiger partial charge is 0.379 e. The number of ether oxygens (including phenoxy) is 1. The van der Waals surface area contributed by atoms with E-state index < -0.39 is 15.7 Å². The second-order valence-corrected chi connectivity index (χ2v) is 10.5. The third kappa shape index (κ3) is 5.02. The first-order valence-corrected chi connectivity index (χ1v) is 13.2. The minimum Gasteiger partial charge on any atom is -0.379 e. The van der Waals surface area contributed by atoms with Crippen molar-refractivity contribution in [2.45, 2.75) is 17.9 Å². The number of fused-ring (bicyclic) bond motifs is 1. The topological polar surface area (TPSA) is 89.7 Å². The second kappa shape index (κ2) is 10.1. The zero-order chi connectivity index (χ0) is 24.3. The Morgan fingerprint density at radius 2 is 1.66 bits per heavy atom. The number of para-hydroxylation sites is 1. The Morgan fingerprint density at radius 1 is 0.971 bits per heavy atom. The Hall–Kier alpha value is -3.40. The van der Waals surface area contributed by atoms with E-state index in [9.17, 15) is 8.42 Å². The van der Waals surface area contributed by atoms with Crippen LogP contribution < -0.4 is 0 Å². The third-order valence-electron chi connectivity index (χ3n) is 6.12. The molecular formula is C26H27N5O3S. The highest BCUT2D eigenvalue weighted by Gasteiger charge is 2.30. The van der Waals surface area contributed by atoms with Crippen LogP contribution in [0.15, 0.2) is 88.8 Å². The summed E-state index contributed by atoms with van der Waals surface area (Å²) in [5.41, 5.74) is 3.49. The highest BCUT2D eigenvalue weighted by Crippen LogP contribution is 2.26. The molecule has 0 spiro atoms. The van der Waals surface area contributed by atoms with Crippen LogP contribution in [0.1, 0.15) is 17.2 Å². The molecule has 1 saturated heterocycles. The maximum atomic E-state index is 13.2. The van der Waals surface area contributed by atoms with E-state index in [0.717, 1.165) is 22.2 Å². The van der Waals surface area contributed by atoms with E-state index in [0.29, 0.717) is 32.1 Å². The maximum Gasteiger partial charge on any atom is 0.198 e. The number of benzene rings is 3. The minimum absolute atomic E-state index is 0.247. The van der Waals surface area contributed by atoms with Crippen LogP contribution in [0, 0.1) is 6.92 Å². The Morgan fingerprint density at radius 3 is 2.40 bits per heavy atom. The van der Waals surface area contributed by atoms with Gasteiger partial charge < -0.3 is 4.74 Å². The maximum absolute atomic E-state index is 13.2. The van der Waals surface area contributed by atoms with E-state index in [2.05, 4.69) is 15.2 Å². The number of morpholine rings is 1. The molecule has 1 atom stereocenters. The number of hydrogen-bond donors (Lipinski definition) is 0. The molecule has 1 unspecified atom stereocenters. The number of aliphatic imine (C=N–C) groups is 1. The minimum atomic E-state index is -3.66. The van der Waals surface area contributed by atoms with Gasteiger partial charge in [0.2, 0.25) is 0 Å². The molecule has 5 rings (SSSR count). The lowest BCUT2D eigenvalue weighted by atomic mass is 10.0. The molecular weight excluding hydrogens is 462 g/mol. The molecule has 3 aromatic carbocycles. The number of rotatable bonds is 6. The lowest BCUT2D eigenvalue weighted by Crippen LogP contribution is -2.44. The fourth-order valence-electron chi connectivity index (χ4n) is 4.27. The van der Waals surface area contributed by atoms with Crippen molar-refractivity contribution in [3.05, 3.63) is 90.0 Å². The molecule has 1 aliphatic rings. The lowest BCUT2D eigenvalue weighted by Gasteiger charge is -2.35. The van der Waals surface area contributed by atoms with E-state index in [1.165, 1.54) is 0 Å². The second-order valence-electron chi connectivity index (χ2n) is 8.52. The summed E-state index contributed by atoms with van der Waals surface area (Å²) in [6.45, 7) is 4.49. The average Bonchev–Trinajstić information content (AvgIpc) is 3.32. The first-order chi connectivity index (χ1) is 17.0. The highest BCUT2D eigenvalue weighted by atomic mass is 32.2. The molecule has 0 saturated carbocycles. The number of hydrogen-bond acceptors (Lipinski definition) is 7. The first-order valence-electron chi connectivity index (χ1n) is 11.5. The Labute approximate surface area is 204 Å². The van der Waals surface area contributed by atoms with Crippen molar-refractivity contribution < 1.29 is 13.2 Å². The molecule has 0 bridgehead atoms. The van der Waals surface area contributed by atoms with Gasteiger partial charge in [-0.2, -0.15) is 4.68 Å². The average molecular weight is 490 g/mol. The Bertz CT molecular complexity index is 1430. The molecule has 8 nitrogen and oxygen atoms in total. The summed E-state index contributed by atoms with van der Waals surface area (Å²) in [7, 11) is -3.66. The molecule has 9 heteroatoms. The van der Waals surface area contributed by atoms with Gasteiger partial charge in [-0.15, -0.1) is 5.10 Å². The van der Waals surface area contributed by atoms with Gasteiger partial charge >= 0.3 is 0 Å². The number of aryl methyl sites for hydroxylation is 1. The van der Waals surface area contributed by atoms with Crippen LogP contribution in [-0.2, 0) is 14.6 Å². The Balaban J connectivity index is 1.64. The van der Waals surface area contributed by atoms with Crippen LogP contribution in [0.3, 0.4) is 0 Å². The summed E-state index contributed by atoms with van der Waals surface area (Å²) in [6, 6.07) is 24.1. The third-order valence-corrected chi connectivity index (χ3v) is 7.58. The van der Waals surface area contributed by atoms with Crippen molar-refractivity contribution in [2.24, 2.45) is 4.99 Å². The normalized spacial score (nSPS) is 16.4. The van der Waals surface area contributed by atoms with Crippen molar-refractivity contribution in [3.63, 3.8) is 0 Å². The van der Waals surface area contributed by atoms with Gasteiger partial charge in [0.25, 0.3) is 0 Å². The predicted molar refractivity (Wildman–Crippen MR) is 135 cm³/mol. The highest BCUT2D eigenvalue weighted by molar-refractivity contribution is 7.91. The fourth-order valence-corrected chi connectivity index (χ4v) is 5.27. The quantitative estimate of drug-likeness (QED) is 0.304. The Kier molecular flexibility index (Phi) is 6.72. The van der Waals surface area contributed by atoms with Gasteiger partial charge in [-0.3, -0.25) is 9.89 Å². The molecule has 1 fully saturated rings. The summed E-state index contributed by atoms with van der Waals surface area (Å²) >= 11 is 0. The van der Waals surface area contributed by atoms with Gasteiger partial charge in [0.1, 0.15) is 17.2 Å². The monoisotopic (exact) mass is 489 g/mol. The van der Waals surface area contributed by atoms with Crippen LogP contribution in [-0.4, -0.2) is 66.3 Å². The first kappa shape index (κ1) is 23.3. The number of aromatic nitrogens is 3. The van der Waals surface area contributed by atoms with Gasteiger partial charge in [0.15, 0.2) is 9.84 Å². The molecule has 180 valence electrons. The van der Waals surface area contributed by atoms with Crippen molar-refractivity contribution in [3.8, 4) is 0 Å². The standard InChI is InChI=1S/C26H27N5O3S/c1-20-11-13-22(14-12-20)35(32,33)19-27-26(31-24-10-6-5-9-23(24)28-29-31)25(21-7-3-2-4-8-21)30-15-17-34-18-16-30/h2-14,25H,15-19H2,1H3/b27-26+. The van der Waals surface area contributed by atoms with Crippen molar-refractivity contribution >= 4 is 26.7 Å². The zero-order valence-corrected chi connectivity index (χ0v) is 20.3. The van der Waals surface area contributed by atoms with E-state index in [1.807, 2.05) is 61.5 Å². The van der Waals surface area contributed by atoms with Crippen LogP contribution in [0.4, 0.5) is 0 Å². The smallest absolute Gasteiger partial charge is 0.198 e. The molecule has 0 aliphatic carbocycles. The molecule has 1 aliphatic heterocycles. The van der Waals surface area contributed by atoms with E-state index >= 15 is 0 Å². The zero-order valence-electron chi connectivity index (χ0n) is 19.5. The molecule has 0 radical (unpaired) electrons. The summed E-state index contributed by atoms with van der Waals surface area (Å²) in [6.07, 6.45) is 0. The SMILES string of the molecule is Cc1ccc(S(=O)(=O)C/N=C(\C(c2ccccc2)N2CCOCC2)n2nnc3ccccc32)cc1. The van der Waals surface area contributed by atoms with Gasteiger partial charge in [-0.25, -0.2) is 8.42 Å². The molecule has 0 amide bonds. The van der Waals surface area contributed by atoms with Crippen LogP contribution >= 0.6 is 0 Å². The van der Waals surface area contributed by atoms with Crippen LogP contribution in [0.2, 0.25) is 0 Å². The fraction of sp³-hybridized carbons (Fsp3) is 0.269. The molecule has 0 N–H and O–H groups in total. The number of nitrogens with zero attached hydrogens (tertiary/aromatic N) is 5. The van der Waals surface area contributed by atoms with E-state index in [4.69, 9.17) is 9.73 Å². The predicted octanol–water partition coefficient (Wildman–Crippen LogP) is 3.49. The van der Waals surface area contributed by atoms with Gasteiger partial charge in [0.05, 0.1) is 29.7 Å². The molecule has 4 aromatic rings. The van der Waals surface area contributed by atoms with Crippen LogP contribution in [0.5, 0.6) is 0 Å². The van der Waals surface area contributed by atoms with Gasteiger partial charge in [-0.05, 0) is 36.8 Å². The van der Waals surface area contributed by atoms with Crippen molar-refractivity contribution in [1.82, 2.24) is 19.9 Å². The number of sulfone groups is 1. The van der Waals surface area contributed by atoms with Gasteiger partial charge in [0, 0.05) is 13.1 Å². The summed E-state index contributed by atoms with van der Waals surface area (Å²) in [5, 5.41) is 8.72. The molecule has 1 aromatic heterocycles. The van der Waals surface area contributed by atoms with E-state index in [1.54, 1.807) is 28.9 Å². The van der Waals surface area contributed by atoms with E-state index in [-0.39, 0.29) is 10.9 Å². The summed E-state index contributed by atoms with van der Waals surface area (Å²) in [4.78, 5) is 7.25. The lowest BCUT2D eigenvalue weighted by molar-refractivity contribution is 0.0280. The van der Waals surface area contributed by atoms with Gasteiger partial charge in [-0.1, -0.05) is 65.4 Å². The summed E-state index contributed by atoms with van der Waals surface area (Å²) in [5.74, 6) is 0.121. The van der Waals surface area contributed by atoms with Crippen molar-refractivity contribution in [1.29, 1.82) is 0 Å². The van der Waals surface area contributed by atoms with Crippen LogP contribution in [0.25, 0.3) is 11.0 Å². The molecule has 2 heterocycles. The molecule has 35 heavy (non-hydrogen) atoms.